The van der Waals surface area contributed by atoms with Crippen molar-refractivity contribution in [2.45, 2.75) is 104 Å². The molecule has 236 valence electrons. The van der Waals surface area contributed by atoms with Crippen LogP contribution in [0.2, 0.25) is 0 Å². The molecule has 2 aliphatic heterocycles. The standard InChI is InChI=1S/C22H41NO17/c24-2-7(3-25)23(8-1-22(37,6-28)19(36)15(33)11(8)29)20-16(34)14(32)18(10(5-27)38-20)40-21-17(35)13(31)12(30)9(4-26)39-21/h7-21,24-37H,1-6H2/t8-,9+,10+,11-,12-,13-,14+,15+,16+,17+,18+,19-,20-,21-,22-/m0/s1. The summed E-state index contributed by atoms with van der Waals surface area (Å²) in [7, 11) is 0. The van der Waals surface area contributed by atoms with Crippen molar-refractivity contribution in [3.05, 3.63) is 0 Å². The minimum atomic E-state index is -2.37. The second kappa shape index (κ2) is 13.7. The molecule has 40 heavy (non-hydrogen) atoms. The summed E-state index contributed by atoms with van der Waals surface area (Å²) in [4.78, 5) is 0.932. The lowest BCUT2D eigenvalue weighted by atomic mass is 9.75. The molecule has 0 unspecified atom stereocenters. The smallest absolute Gasteiger partial charge is 0.187 e. The Kier molecular flexibility index (Phi) is 11.6. The summed E-state index contributed by atoms with van der Waals surface area (Å²) >= 11 is 0. The van der Waals surface area contributed by atoms with Gasteiger partial charge in [0.05, 0.1) is 45.2 Å². The first-order chi connectivity index (χ1) is 18.8. The Morgan fingerprint density at radius 3 is 1.82 bits per heavy atom. The molecule has 18 heteroatoms. The lowest BCUT2D eigenvalue weighted by Gasteiger charge is -2.55. The Morgan fingerprint density at radius 2 is 1.30 bits per heavy atom. The highest BCUT2D eigenvalue weighted by Gasteiger charge is 2.58. The van der Waals surface area contributed by atoms with E-state index < -0.39 is 137 Å². The normalized spacial score (nSPS) is 48.6. The summed E-state index contributed by atoms with van der Waals surface area (Å²) < 4.78 is 16.5. The van der Waals surface area contributed by atoms with E-state index in [-0.39, 0.29) is 0 Å². The monoisotopic (exact) mass is 591 g/mol. The first-order valence-electron chi connectivity index (χ1n) is 12.8. The van der Waals surface area contributed by atoms with Crippen molar-refractivity contribution < 1.29 is 85.7 Å². The third kappa shape index (κ3) is 6.16. The molecule has 1 aliphatic carbocycles. The van der Waals surface area contributed by atoms with Gasteiger partial charge in [-0.15, -0.1) is 0 Å². The van der Waals surface area contributed by atoms with Crippen LogP contribution in [-0.4, -0.2) is 207 Å². The highest BCUT2D eigenvalue weighted by molar-refractivity contribution is 5.08. The quantitative estimate of drug-likeness (QED) is 0.112. The lowest BCUT2D eigenvalue weighted by Crippen LogP contribution is -2.74. The van der Waals surface area contributed by atoms with Crippen LogP contribution < -0.4 is 0 Å². The molecule has 1 saturated carbocycles. The minimum absolute atomic E-state index is 0.670. The van der Waals surface area contributed by atoms with Crippen molar-refractivity contribution >= 4 is 0 Å². The number of nitrogens with zero attached hydrogens (tertiary/aromatic N) is 1. The Balaban J connectivity index is 1.92. The molecule has 0 aromatic rings. The third-order valence-electron chi connectivity index (χ3n) is 7.95. The van der Waals surface area contributed by atoms with Gasteiger partial charge in [-0.1, -0.05) is 0 Å². The van der Waals surface area contributed by atoms with E-state index in [9.17, 15) is 71.5 Å². The Bertz CT molecular complexity index is 790. The van der Waals surface area contributed by atoms with Crippen molar-refractivity contribution in [2.75, 3.05) is 33.0 Å². The topological polar surface area (TPSA) is 314 Å². The molecule has 18 nitrogen and oxygen atoms in total. The molecule has 3 fully saturated rings. The van der Waals surface area contributed by atoms with Gasteiger partial charge in [0.25, 0.3) is 0 Å². The molecule has 15 atom stereocenters. The van der Waals surface area contributed by atoms with Gasteiger partial charge in [-0.2, -0.15) is 0 Å². The fourth-order valence-electron chi connectivity index (χ4n) is 5.51. The van der Waals surface area contributed by atoms with E-state index in [1.165, 1.54) is 0 Å². The van der Waals surface area contributed by atoms with E-state index in [0.717, 1.165) is 4.90 Å². The predicted molar refractivity (Wildman–Crippen MR) is 125 cm³/mol. The molecule has 0 bridgehead atoms. The maximum Gasteiger partial charge on any atom is 0.187 e. The number of aliphatic hydroxyl groups is 14. The van der Waals surface area contributed by atoms with Crippen LogP contribution >= 0.6 is 0 Å². The second-order valence-electron chi connectivity index (χ2n) is 10.5. The number of hydrogen-bond acceptors (Lipinski definition) is 18. The van der Waals surface area contributed by atoms with Crippen LogP contribution in [-0.2, 0) is 14.2 Å². The molecule has 0 aromatic heterocycles. The zero-order valence-electron chi connectivity index (χ0n) is 21.3. The minimum Gasteiger partial charge on any atom is -0.395 e. The number of aliphatic hydroxyl groups excluding tert-OH is 13. The Labute approximate surface area is 228 Å². The van der Waals surface area contributed by atoms with Gasteiger partial charge in [0.15, 0.2) is 6.29 Å². The fraction of sp³-hybridized carbons (Fsp3) is 1.00. The highest BCUT2D eigenvalue weighted by Crippen LogP contribution is 2.37. The SMILES string of the molecule is OCC(CO)N([C@H]1C[C@](O)(CO)[C@@H](O)[C@H](O)[C@H]1O)[C@H]1O[C@H](CO)[C@@H](O[C@@H]2O[C@H](CO)[C@H](O)[C@H](O)[C@H]2O)[C@H](O)[C@H]1O. The van der Waals surface area contributed by atoms with E-state index in [0.29, 0.717) is 0 Å². The zero-order chi connectivity index (χ0) is 30.1. The first kappa shape index (κ1) is 33.8. The average molecular weight is 592 g/mol. The van der Waals surface area contributed by atoms with Gasteiger partial charge in [0, 0.05) is 6.04 Å². The predicted octanol–water partition coefficient (Wildman–Crippen LogP) is -9.16. The summed E-state index contributed by atoms with van der Waals surface area (Å²) in [6, 6.07) is -2.90. The summed E-state index contributed by atoms with van der Waals surface area (Å²) in [5, 5.41) is 143. The summed E-state index contributed by atoms with van der Waals surface area (Å²) in [6.45, 7) is -4.45. The molecule has 0 amide bonds. The molecule has 3 rings (SSSR count). The molecule has 14 N–H and O–H groups in total. The van der Waals surface area contributed by atoms with Gasteiger partial charge in [-0.3, -0.25) is 4.90 Å². The number of hydrogen-bond donors (Lipinski definition) is 14. The van der Waals surface area contributed by atoms with Crippen molar-refractivity contribution in [1.82, 2.24) is 4.90 Å². The lowest BCUT2D eigenvalue weighted by molar-refractivity contribution is -0.354. The van der Waals surface area contributed by atoms with Gasteiger partial charge in [0.2, 0.25) is 0 Å². The van der Waals surface area contributed by atoms with Crippen LogP contribution in [0.15, 0.2) is 0 Å². The molecule has 3 aliphatic rings. The summed E-state index contributed by atoms with van der Waals surface area (Å²) in [6.07, 6.45) is -24.3. The van der Waals surface area contributed by atoms with E-state index in [1.807, 2.05) is 0 Å². The molecule has 2 saturated heterocycles. The summed E-state index contributed by atoms with van der Waals surface area (Å²) in [5.74, 6) is 0. The molecule has 0 radical (unpaired) electrons. The van der Waals surface area contributed by atoms with Crippen molar-refractivity contribution in [3.8, 4) is 0 Å². The molecular formula is C22H41NO17. The maximum atomic E-state index is 11.1. The summed E-state index contributed by atoms with van der Waals surface area (Å²) in [5.41, 5.74) is -2.37. The second-order valence-corrected chi connectivity index (χ2v) is 10.5. The average Bonchev–Trinajstić information content (AvgIpc) is 2.95. The van der Waals surface area contributed by atoms with Gasteiger partial charge in [-0.25, -0.2) is 0 Å². The van der Waals surface area contributed by atoms with Crippen LogP contribution in [0.1, 0.15) is 6.42 Å². The van der Waals surface area contributed by atoms with E-state index >= 15 is 0 Å². The van der Waals surface area contributed by atoms with Gasteiger partial charge < -0.3 is 85.7 Å². The highest BCUT2D eigenvalue weighted by atomic mass is 16.7. The van der Waals surface area contributed by atoms with E-state index in [1.54, 1.807) is 0 Å². The number of ether oxygens (including phenoxy) is 3. The van der Waals surface area contributed by atoms with Gasteiger partial charge >= 0.3 is 0 Å². The molecular weight excluding hydrogens is 550 g/mol. The van der Waals surface area contributed by atoms with Crippen LogP contribution in [0.5, 0.6) is 0 Å². The van der Waals surface area contributed by atoms with Crippen LogP contribution in [0.4, 0.5) is 0 Å². The van der Waals surface area contributed by atoms with Crippen LogP contribution in [0.3, 0.4) is 0 Å². The molecule has 0 spiro atoms. The molecule has 2 heterocycles. The van der Waals surface area contributed by atoms with Crippen LogP contribution in [0, 0.1) is 0 Å². The largest absolute Gasteiger partial charge is 0.395 e. The fourth-order valence-corrected chi connectivity index (χ4v) is 5.51. The van der Waals surface area contributed by atoms with Crippen LogP contribution in [0.25, 0.3) is 0 Å². The third-order valence-corrected chi connectivity index (χ3v) is 7.95. The van der Waals surface area contributed by atoms with Crippen molar-refractivity contribution in [2.24, 2.45) is 0 Å². The zero-order valence-corrected chi connectivity index (χ0v) is 21.3. The maximum absolute atomic E-state index is 11.1. The van der Waals surface area contributed by atoms with Crippen molar-refractivity contribution in [3.63, 3.8) is 0 Å². The molecule has 0 aromatic carbocycles. The van der Waals surface area contributed by atoms with E-state index in [2.05, 4.69) is 0 Å². The first-order valence-corrected chi connectivity index (χ1v) is 12.8. The van der Waals surface area contributed by atoms with Crippen molar-refractivity contribution in [1.29, 1.82) is 0 Å². The Morgan fingerprint density at radius 1 is 0.700 bits per heavy atom. The van der Waals surface area contributed by atoms with Gasteiger partial charge in [-0.05, 0) is 6.42 Å². The van der Waals surface area contributed by atoms with Gasteiger partial charge in [0.1, 0.15) is 72.9 Å². The Hall–Kier alpha value is -0.720. The number of rotatable bonds is 10. The van der Waals surface area contributed by atoms with E-state index in [4.69, 9.17) is 14.2 Å².